The first kappa shape index (κ1) is 8.81. The molecule has 2 fully saturated rings. The van der Waals surface area contributed by atoms with Crippen molar-refractivity contribution >= 4 is 23.5 Å². The Morgan fingerprint density at radius 2 is 2.08 bits per heavy atom. The highest BCUT2D eigenvalue weighted by atomic mass is 35.5. The Bertz CT molecular complexity index is 257. The van der Waals surface area contributed by atoms with Crippen molar-refractivity contribution < 1.29 is 9.59 Å². The molecule has 1 aliphatic heterocycles. The molecule has 5 heteroatoms. The lowest BCUT2D eigenvalue weighted by atomic mass is 9.82. The van der Waals surface area contributed by atoms with Crippen molar-refractivity contribution in [2.75, 3.05) is 0 Å². The van der Waals surface area contributed by atoms with Crippen LogP contribution in [0.2, 0.25) is 0 Å². The van der Waals surface area contributed by atoms with Crippen molar-refractivity contribution in [3.05, 3.63) is 0 Å². The Hall–Kier alpha value is -0.770. The molecule has 1 saturated carbocycles. The van der Waals surface area contributed by atoms with Crippen LogP contribution in [0.5, 0.6) is 0 Å². The largest absolute Gasteiger partial charge is 0.333 e. The third kappa shape index (κ3) is 1.50. The maximum absolute atomic E-state index is 11.4. The number of hydrogen-bond donors (Lipinski definition) is 2. The summed E-state index contributed by atoms with van der Waals surface area (Å²) in [5.41, 5.74) is 0. The number of amides is 3. The zero-order valence-corrected chi connectivity index (χ0v) is 7.80. The van der Waals surface area contributed by atoms with Gasteiger partial charge in [-0.1, -0.05) is 6.42 Å². The molecule has 72 valence electrons. The van der Waals surface area contributed by atoms with Crippen LogP contribution in [0.3, 0.4) is 0 Å². The third-order valence-corrected chi connectivity index (χ3v) is 3.18. The number of alkyl halides is 1. The molecular formula is C8H11ClN2O2. The Morgan fingerprint density at radius 1 is 1.31 bits per heavy atom. The molecule has 0 bridgehead atoms. The number of hydrogen-bond acceptors (Lipinski definition) is 2. The predicted molar refractivity (Wildman–Crippen MR) is 47.4 cm³/mol. The molecule has 0 aromatic carbocycles. The average Bonchev–Trinajstić information content (AvgIpc) is 2.07. The van der Waals surface area contributed by atoms with E-state index in [1.165, 1.54) is 0 Å². The van der Waals surface area contributed by atoms with E-state index in [4.69, 9.17) is 11.6 Å². The van der Waals surface area contributed by atoms with Crippen LogP contribution in [0.4, 0.5) is 4.79 Å². The first-order valence-corrected chi connectivity index (χ1v) is 4.87. The van der Waals surface area contributed by atoms with Crippen LogP contribution in [-0.2, 0) is 4.79 Å². The number of nitrogens with one attached hydrogen (secondary N) is 2. The summed E-state index contributed by atoms with van der Waals surface area (Å²) in [6.07, 6.45) is 2.65. The van der Waals surface area contributed by atoms with Crippen LogP contribution in [0, 0.1) is 5.92 Å². The number of rotatable bonds is 0. The fourth-order valence-corrected chi connectivity index (χ4v) is 2.41. The summed E-state index contributed by atoms with van der Waals surface area (Å²) in [5.74, 6) is -0.312. The van der Waals surface area contributed by atoms with Crippen molar-refractivity contribution in [1.82, 2.24) is 10.6 Å². The second kappa shape index (κ2) is 3.18. The van der Waals surface area contributed by atoms with E-state index in [0.29, 0.717) is 0 Å². The van der Waals surface area contributed by atoms with Crippen molar-refractivity contribution in [3.63, 3.8) is 0 Å². The van der Waals surface area contributed by atoms with Gasteiger partial charge in [0.25, 0.3) is 0 Å². The maximum atomic E-state index is 11.4. The molecule has 1 saturated heterocycles. The summed E-state index contributed by atoms with van der Waals surface area (Å²) >= 11 is 6.03. The van der Waals surface area contributed by atoms with Crippen LogP contribution in [0.1, 0.15) is 19.3 Å². The summed E-state index contributed by atoms with van der Waals surface area (Å²) in [5, 5.41) is 4.84. The van der Waals surface area contributed by atoms with E-state index in [2.05, 4.69) is 10.6 Å². The van der Waals surface area contributed by atoms with Gasteiger partial charge in [-0.2, -0.15) is 0 Å². The number of halogens is 1. The molecule has 1 aliphatic carbocycles. The van der Waals surface area contributed by atoms with Crippen LogP contribution in [0.15, 0.2) is 0 Å². The van der Waals surface area contributed by atoms with Gasteiger partial charge in [0.05, 0.1) is 17.3 Å². The minimum absolute atomic E-state index is 0.103. The lowest BCUT2D eigenvalue weighted by molar-refractivity contribution is -0.126. The number of imide groups is 1. The lowest BCUT2D eigenvalue weighted by Crippen LogP contribution is -2.62. The van der Waals surface area contributed by atoms with Crippen LogP contribution in [-0.4, -0.2) is 23.4 Å². The molecule has 0 aromatic rings. The molecule has 3 unspecified atom stereocenters. The Balaban J connectivity index is 2.17. The maximum Gasteiger partial charge on any atom is 0.321 e. The van der Waals surface area contributed by atoms with Gasteiger partial charge >= 0.3 is 6.03 Å². The van der Waals surface area contributed by atoms with Gasteiger partial charge in [0.2, 0.25) is 5.91 Å². The van der Waals surface area contributed by atoms with E-state index in [-0.39, 0.29) is 23.2 Å². The minimum atomic E-state index is -0.418. The second-order valence-corrected chi connectivity index (χ2v) is 4.10. The van der Waals surface area contributed by atoms with Crippen LogP contribution in [0.25, 0.3) is 0 Å². The van der Waals surface area contributed by atoms with Crippen LogP contribution < -0.4 is 10.6 Å². The van der Waals surface area contributed by atoms with Crippen LogP contribution >= 0.6 is 11.6 Å². The SMILES string of the molecule is O=C1NC(=O)C2CCCC(Cl)C2N1. The van der Waals surface area contributed by atoms with Crippen molar-refractivity contribution in [1.29, 1.82) is 0 Å². The standard InChI is InChI=1S/C8H11ClN2O2/c9-5-3-1-2-4-6(5)10-8(13)11-7(4)12/h4-6H,1-3H2,(H2,10,11,12,13). The Morgan fingerprint density at radius 3 is 2.85 bits per heavy atom. The Labute approximate surface area is 81.0 Å². The summed E-state index contributed by atoms with van der Waals surface area (Å²) in [4.78, 5) is 22.3. The highest BCUT2D eigenvalue weighted by molar-refractivity contribution is 6.21. The molecule has 2 aliphatic rings. The molecular weight excluding hydrogens is 192 g/mol. The zero-order chi connectivity index (χ0) is 9.42. The molecule has 3 atom stereocenters. The molecule has 0 aromatic heterocycles. The van der Waals surface area contributed by atoms with Gasteiger partial charge < -0.3 is 5.32 Å². The van der Waals surface area contributed by atoms with E-state index in [1.807, 2.05) is 0 Å². The summed E-state index contributed by atoms with van der Waals surface area (Å²) in [6.45, 7) is 0. The quantitative estimate of drug-likeness (QED) is 0.566. The number of carbonyl (C=O) groups excluding carboxylic acids is 2. The van der Waals surface area contributed by atoms with Gasteiger partial charge in [-0.25, -0.2) is 4.79 Å². The van der Waals surface area contributed by atoms with Gasteiger partial charge in [-0.05, 0) is 12.8 Å². The summed E-state index contributed by atoms with van der Waals surface area (Å²) < 4.78 is 0. The first-order chi connectivity index (χ1) is 6.18. The second-order valence-electron chi connectivity index (χ2n) is 3.54. The smallest absolute Gasteiger partial charge is 0.321 e. The summed E-state index contributed by atoms with van der Waals surface area (Å²) in [7, 11) is 0. The molecule has 2 rings (SSSR count). The molecule has 2 N–H and O–H groups in total. The topological polar surface area (TPSA) is 58.2 Å². The molecule has 3 amide bonds. The molecule has 4 nitrogen and oxygen atoms in total. The van der Waals surface area contributed by atoms with Crippen molar-refractivity contribution in [2.45, 2.75) is 30.7 Å². The number of carbonyl (C=O) groups is 2. The predicted octanol–water partition coefficient (Wildman–Crippen LogP) is 0.602. The van der Waals surface area contributed by atoms with Gasteiger partial charge in [-0.3, -0.25) is 10.1 Å². The highest BCUT2D eigenvalue weighted by Gasteiger charge is 2.41. The van der Waals surface area contributed by atoms with E-state index in [0.717, 1.165) is 19.3 Å². The summed E-state index contributed by atoms with van der Waals surface area (Å²) in [6, 6.07) is -0.588. The van der Waals surface area contributed by atoms with E-state index < -0.39 is 6.03 Å². The van der Waals surface area contributed by atoms with Gasteiger partial charge in [0.1, 0.15) is 0 Å². The van der Waals surface area contributed by atoms with E-state index >= 15 is 0 Å². The average molecular weight is 203 g/mol. The fourth-order valence-electron chi connectivity index (χ4n) is 2.02. The monoisotopic (exact) mass is 202 g/mol. The first-order valence-electron chi connectivity index (χ1n) is 4.44. The van der Waals surface area contributed by atoms with E-state index in [1.54, 1.807) is 0 Å². The minimum Gasteiger partial charge on any atom is -0.333 e. The normalized spacial score (nSPS) is 39.0. The number of urea groups is 1. The number of fused-ring (bicyclic) bond motifs is 1. The van der Waals surface area contributed by atoms with Gasteiger partial charge in [-0.15, -0.1) is 11.6 Å². The molecule has 1 heterocycles. The Kier molecular flexibility index (Phi) is 2.15. The van der Waals surface area contributed by atoms with Crippen molar-refractivity contribution in [2.24, 2.45) is 5.92 Å². The highest BCUT2D eigenvalue weighted by Crippen LogP contribution is 2.29. The zero-order valence-electron chi connectivity index (χ0n) is 7.05. The third-order valence-electron chi connectivity index (χ3n) is 2.69. The molecule has 0 spiro atoms. The molecule has 0 radical (unpaired) electrons. The van der Waals surface area contributed by atoms with E-state index in [9.17, 15) is 9.59 Å². The van der Waals surface area contributed by atoms with Gasteiger partial charge in [0.15, 0.2) is 0 Å². The molecule has 13 heavy (non-hydrogen) atoms. The fraction of sp³-hybridized carbons (Fsp3) is 0.750. The van der Waals surface area contributed by atoms with Crippen molar-refractivity contribution in [3.8, 4) is 0 Å². The lowest BCUT2D eigenvalue weighted by Gasteiger charge is -2.37. The van der Waals surface area contributed by atoms with Gasteiger partial charge in [0, 0.05) is 0 Å².